The molecule has 0 aliphatic rings. The molecule has 0 radical (unpaired) electrons. The van der Waals surface area contributed by atoms with Crippen LogP contribution in [-0.4, -0.2) is 17.5 Å². The highest BCUT2D eigenvalue weighted by atomic mass is 19.3. The van der Waals surface area contributed by atoms with Gasteiger partial charge in [-0.25, -0.2) is 8.78 Å². The molecule has 0 heterocycles. The van der Waals surface area contributed by atoms with Crippen molar-refractivity contribution < 1.29 is 18.7 Å². The number of aryl methyl sites for hydroxylation is 1. The molecule has 4 heteroatoms. The molecule has 0 bridgehead atoms. The maximum atomic E-state index is 12.7. The molecule has 1 rings (SSSR count). The fourth-order valence-electron chi connectivity index (χ4n) is 1.53. The Balaban J connectivity index is 2.99. The minimum Gasteiger partial charge on any atom is -0.481 e. The van der Waals surface area contributed by atoms with E-state index in [9.17, 15) is 13.6 Å². The lowest BCUT2D eigenvalue weighted by Crippen LogP contribution is -2.15. The molecule has 0 fully saturated rings. The van der Waals surface area contributed by atoms with Gasteiger partial charge in [0.2, 0.25) is 6.43 Å². The normalized spacial score (nSPS) is 12.8. The Morgan fingerprint density at radius 2 is 2.00 bits per heavy atom. The quantitative estimate of drug-likeness (QED) is 0.836. The molecule has 1 unspecified atom stereocenters. The monoisotopic (exact) mass is 214 g/mol. The fourth-order valence-corrected chi connectivity index (χ4v) is 1.53. The SMILES string of the molecule is Cc1ccccc1C(CC(=O)O)C(F)F. The Labute approximate surface area is 86.5 Å². The first-order valence-corrected chi connectivity index (χ1v) is 4.58. The number of carbonyl (C=O) groups is 1. The summed E-state index contributed by atoms with van der Waals surface area (Å²) in [5.41, 5.74) is 1.11. The summed E-state index contributed by atoms with van der Waals surface area (Å²) in [6, 6.07) is 6.63. The van der Waals surface area contributed by atoms with Gasteiger partial charge in [-0.2, -0.15) is 0 Å². The van der Waals surface area contributed by atoms with Crippen LogP contribution in [0.1, 0.15) is 23.5 Å². The van der Waals surface area contributed by atoms with E-state index in [2.05, 4.69) is 0 Å². The van der Waals surface area contributed by atoms with E-state index in [-0.39, 0.29) is 0 Å². The number of rotatable bonds is 4. The highest BCUT2D eigenvalue weighted by Crippen LogP contribution is 2.28. The first kappa shape index (κ1) is 11.6. The maximum Gasteiger partial charge on any atom is 0.304 e. The molecule has 15 heavy (non-hydrogen) atoms. The summed E-state index contributed by atoms with van der Waals surface area (Å²) in [6.07, 6.45) is -3.19. The second-order valence-electron chi connectivity index (χ2n) is 3.40. The minimum atomic E-state index is -2.65. The smallest absolute Gasteiger partial charge is 0.304 e. The van der Waals surface area contributed by atoms with Crippen molar-refractivity contribution in [3.8, 4) is 0 Å². The van der Waals surface area contributed by atoms with E-state index in [1.165, 1.54) is 0 Å². The molecule has 1 aromatic rings. The van der Waals surface area contributed by atoms with Gasteiger partial charge in [-0.15, -0.1) is 0 Å². The number of aliphatic carboxylic acids is 1. The number of carboxylic acids is 1. The van der Waals surface area contributed by atoms with Crippen molar-refractivity contribution >= 4 is 5.97 Å². The predicted octanol–water partition coefficient (Wildman–Crippen LogP) is 2.82. The van der Waals surface area contributed by atoms with Gasteiger partial charge in [0.15, 0.2) is 0 Å². The summed E-state index contributed by atoms with van der Waals surface area (Å²) in [5.74, 6) is -2.42. The molecule has 1 N–H and O–H groups in total. The molecule has 1 aromatic carbocycles. The average Bonchev–Trinajstić information content (AvgIpc) is 2.15. The van der Waals surface area contributed by atoms with E-state index in [0.29, 0.717) is 11.1 Å². The number of halogens is 2. The number of hydrogen-bond acceptors (Lipinski definition) is 1. The largest absolute Gasteiger partial charge is 0.481 e. The average molecular weight is 214 g/mol. The van der Waals surface area contributed by atoms with E-state index in [1.807, 2.05) is 0 Å². The van der Waals surface area contributed by atoms with Crippen molar-refractivity contribution in [1.29, 1.82) is 0 Å². The topological polar surface area (TPSA) is 37.3 Å². The zero-order chi connectivity index (χ0) is 11.4. The molecule has 0 saturated heterocycles. The van der Waals surface area contributed by atoms with Gasteiger partial charge in [0.05, 0.1) is 12.3 Å². The molecular formula is C11H12F2O2. The van der Waals surface area contributed by atoms with Crippen molar-refractivity contribution in [2.45, 2.75) is 25.7 Å². The Morgan fingerprint density at radius 3 is 2.47 bits per heavy atom. The van der Waals surface area contributed by atoms with Crippen molar-refractivity contribution in [2.24, 2.45) is 0 Å². The maximum absolute atomic E-state index is 12.7. The lowest BCUT2D eigenvalue weighted by Gasteiger charge is -2.16. The van der Waals surface area contributed by atoms with Gasteiger partial charge in [0.1, 0.15) is 0 Å². The van der Waals surface area contributed by atoms with Gasteiger partial charge in [-0.3, -0.25) is 4.79 Å². The molecular weight excluding hydrogens is 202 g/mol. The fraction of sp³-hybridized carbons (Fsp3) is 0.364. The van der Waals surface area contributed by atoms with Gasteiger partial charge >= 0.3 is 5.97 Å². The standard InChI is InChI=1S/C11H12F2O2/c1-7-4-2-3-5-8(7)9(11(12)13)6-10(14)15/h2-5,9,11H,6H2,1H3,(H,14,15). The molecule has 0 saturated carbocycles. The van der Waals surface area contributed by atoms with E-state index in [0.717, 1.165) is 0 Å². The molecule has 82 valence electrons. The first-order valence-electron chi connectivity index (χ1n) is 4.58. The third kappa shape index (κ3) is 3.01. The Kier molecular flexibility index (Phi) is 3.77. The highest BCUT2D eigenvalue weighted by Gasteiger charge is 2.26. The molecule has 0 amide bonds. The summed E-state index contributed by atoms with van der Waals surface area (Å²) in [6.45, 7) is 1.70. The molecule has 2 nitrogen and oxygen atoms in total. The van der Waals surface area contributed by atoms with Crippen molar-refractivity contribution in [3.05, 3.63) is 35.4 Å². The summed E-state index contributed by atoms with van der Waals surface area (Å²) < 4.78 is 25.3. The van der Waals surface area contributed by atoms with Crippen LogP contribution >= 0.6 is 0 Å². The lowest BCUT2D eigenvalue weighted by molar-refractivity contribution is -0.138. The van der Waals surface area contributed by atoms with Gasteiger partial charge in [0, 0.05) is 0 Å². The van der Waals surface area contributed by atoms with Crippen LogP contribution < -0.4 is 0 Å². The van der Waals surface area contributed by atoms with Crippen LogP contribution in [0.15, 0.2) is 24.3 Å². The van der Waals surface area contributed by atoms with Gasteiger partial charge in [-0.05, 0) is 18.1 Å². The van der Waals surface area contributed by atoms with Crippen LogP contribution in [-0.2, 0) is 4.79 Å². The first-order chi connectivity index (χ1) is 7.02. The molecule has 0 spiro atoms. The van der Waals surface area contributed by atoms with Crippen LogP contribution in [0.2, 0.25) is 0 Å². The second-order valence-corrected chi connectivity index (χ2v) is 3.40. The lowest BCUT2D eigenvalue weighted by atomic mass is 9.92. The molecule has 0 aliphatic carbocycles. The van der Waals surface area contributed by atoms with Crippen LogP contribution in [0.4, 0.5) is 8.78 Å². The number of hydrogen-bond donors (Lipinski definition) is 1. The van der Waals surface area contributed by atoms with Gasteiger partial charge < -0.3 is 5.11 Å². The zero-order valence-electron chi connectivity index (χ0n) is 8.28. The predicted molar refractivity (Wildman–Crippen MR) is 52.2 cm³/mol. The summed E-state index contributed by atoms with van der Waals surface area (Å²) >= 11 is 0. The molecule has 0 aromatic heterocycles. The highest BCUT2D eigenvalue weighted by molar-refractivity contribution is 5.68. The summed E-state index contributed by atoms with van der Waals surface area (Å²) in [4.78, 5) is 10.5. The number of alkyl halides is 2. The third-order valence-corrected chi connectivity index (χ3v) is 2.29. The van der Waals surface area contributed by atoms with Crippen molar-refractivity contribution in [1.82, 2.24) is 0 Å². The summed E-state index contributed by atoms with van der Waals surface area (Å²) in [7, 11) is 0. The van der Waals surface area contributed by atoms with Gasteiger partial charge in [-0.1, -0.05) is 24.3 Å². The Bertz CT molecular complexity index is 350. The van der Waals surface area contributed by atoms with Crippen LogP contribution in [0.25, 0.3) is 0 Å². The van der Waals surface area contributed by atoms with Crippen LogP contribution in [0, 0.1) is 6.92 Å². The van der Waals surface area contributed by atoms with Crippen LogP contribution in [0.3, 0.4) is 0 Å². The van der Waals surface area contributed by atoms with Crippen LogP contribution in [0.5, 0.6) is 0 Å². The van der Waals surface area contributed by atoms with E-state index in [4.69, 9.17) is 5.11 Å². The van der Waals surface area contributed by atoms with E-state index in [1.54, 1.807) is 31.2 Å². The number of carboxylic acid groups (broad SMARTS) is 1. The Hall–Kier alpha value is -1.45. The van der Waals surface area contributed by atoms with Gasteiger partial charge in [0.25, 0.3) is 0 Å². The molecule has 1 atom stereocenters. The number of benzene rings is 1. The second kappa shape index (κ2) is 4.87. The molecule has 0 aliphatic heterocycles. The third-order valence-electron chi connectivity index (χ3n) is 2.29. The van der Waals surface area contributed by atoms with Crippen molar-refractivity contribution in [2.75, 3.05) is 0 Å². The van der Waals surface area contributed by atoms with E-state index < -0.39 is 24.7 Å². The Morgan fingerprint density at radius 1 is 1.40 bits per heavy atom. The van der Waals surface area contributed by atoms with E-state index >= 15 is 0 Å². The minimum absolute atomic E-state index is 0.412. The summed E-state index contributed by atoms with van der Waals surface area (Å²) in [5, 5.41) is 8.55. The van der Waals surface area contributed by atoms with Crippen molar-refractivity contribution in [3.63, 3.8) is 0 Å². The zero-order valence-corrected chi connectivity index (χ0v) is 8.28.